The van der Waals surface area contributed by atoms with Gasteiger partial charge in [0.15, 0.2) is 0 Å². The highest BCUT2D eigenvalue weighted by Crippen LogP contribution is 2.27. The first-order chi connectivity index (χ1) is 9.08. The van der Waals surface area contributed by atoms with E-state index in [4.69, 9.17) is 27.9 Å². The molecule has 100 valence electrons. The minimum atomic E-state index is -0.515. The predicted octanol–water partition coefficient (Wildman–Crippen LogP) is 4.63. The Bertz CT molecular complexity index is 568. The lowest BCUT2D eigenvalue weighted by molar-refractivity contribution is 0.198. The molecular formula is C15H14Cl2O2. The third kappa shape index (κ3) is 3.63. The summed E-state index contributed by atoms with van der Waals surface area (Å²) in [4.78, 5) is 0. The third-order valence-electron chi connectivity index (χ3n) is 2.77. The lowest BCUT2D eigenvalue weighted by atomic mass is 10.1. The van der Waals surface area contributed by atoms with Gasteiger partial charge in [-0.25, -0.2) is 0 Å². The molecule has 0 aliphatic heterocycles. The van der Waals surface area contributed by atoms with Crippen LogP contribution in [-0.4, -0.2) is 5.11 Å². The molecule has 2 aromatic carbocycles. The van der Waals surface area contributed by atoms with Crippen LogP contribution in [0.3, 0.4) is 0 Å². The number of aliphatic hydroxyl groups is 1. The maximum Gasteiger partial charge on any atom is 0.120 e. The Morgan fingerprint density at radius 3 is 2.63 bits per heavy atom. The monoisotopic (exact) mass is 296 g/mol. The normalized spacial score (nSPS) is 12.2. The van der Waals surface area contributed by atoms with Crippen LogP contribution in [0.2, 0.25) is 10.0 Å². The fourth-order valence-corrected chi connectivity index (χ4v) is 2.06. The molecule has 1 atom stereocenters. The molecule has 0 unspecified atom stereocenters. The number of hydrogen-bond acceptors (Lipinski definition) is 2. The smallest absolute Gasteiger partial charge is 0.120 e. The number of hydrogen-bond donors (Lipinski definition) is 1. The van der Waals surface area contributed by atoms with E-state index in [1.54, 1.807) is 13.0 Å². The first-order valence-corrected chi connectivity index (χ1v) is 6.67. The Morgan fingerprint density at radius 1 is 1.16 bits per heavy atom. The number of ether oxygens (including phenoxy) is 1. The van der Waals surface area contributed by atoms with E-state index in [9.17, 15) is 5.11 Å². The number of rotatable bonds is 4. The molecule has 0 fully saturated rings. The van der Waals surface area contributed by atoms with Gasteiger partial charge in [0.05, 0.1) is 16.1 Å². The van der Waals surface area contributed by atoms with Crippen LogP contribution < -0.4 is 4.74 Å². The van der Waals surface area contributed by atoms with Gasteiger partial charge in [0, 0.05) is 5.56 Å². The summed E-state index contributed by atoms with van der Waals surface area (Å²) in [6.45, 7) is 2.05. The van der Waals surface area contributed by atoms with Crippen LogP contribution in [0.25, 0.3) is 0 Å². The molecule has 1 N–H and O–H groups in total. The molecule has 0 saturated heterocycles. The van der Waals surface area contributed by atoms with Crippen molar-refractivity contribution in [2.45, 2.75) is 19.6 Å². The quantitative estimate of drug-likeness (QED) is 0.891. The van der Waals surface area contributed by atoms with E-state index in [-0.39, 0.29) is 0 Å². The molecule has 0 radical (unpaired) electrons. The lowest BCUT2D eigenvalue weighted by Crippen LogP contribution is -1.98. The van der Waals surface area contributed by atoms with Crippen molar-refractivity contribution in [3.05, 3.63) is 63.6 Å². The summed E-state index contributed by atoms with van der Waals surface area (Å²) in [5.41, 5.74) is 1.64. The molecule has 2 nitrogen and oxygen atoms in total. The van der Waals surface area contributed by atoms with Crippen LogP contribution in [-0.2, 0) is 6.61 Å². The second-order valence-electron chi connectivity index (χ2n) is 4.25. The molecule has 0 aromatic heterocycles. The SMILES string of the molecule is C[C@@H](O)c1cccc(OCc2cccc(Cl)c2Cl)c1. The number of aliphatic hydroxyl groups excluding tert-OH is 1. The Labute approximate surface area is 122 Å². The van der Waals surface area contributed by atoms with Gasteiger partial charge in [-0.2, -0.15) is 0 Å². The average molecular weight is 297 g/mol. The molecule has 0 aliphatic carbocycles. The molecule has 0 amide bonds. The fraction of sp³-hybridized carbons (Fsp3) is 0.200. The zero-order valence-electron chi connectivity index (χ0n) is 10.4. The maximum atomic E-state index is 9.52. The summed E-state index contributed by atoms with van der Waals surface area (Å²) in [7, 11) is 0. The maximum absolute atomic E-state index is 9.52. The minimum absolute atomic E-state index is 0.336. The molecule has 19 heavy (non-hydrogen) atoms. The van der Waals surface area contributed by atoms with Crippen LogP contribution in [0.5, 0.6) is 5.75 Å². The van der Waals surface area contributed by atoms with Gasteiger partial charge >= 0.3 is 0 Å². The summed E-state index contributed by atoms with van der Waals surface area (Å²) in [5, 5.41) is 10.5. The highest BCUT2D eigenvalue weighted by Gasteiger charge is 2.06. The highest BCUT2D eigenvalue weighted by atomic mass is 35.5. The van der Waals surface area contributed by atoms with E-state index < -0.39 is 6.10 Å². The first kappa shape index (κ1) is 14.2. The van der Waals surface area contributed by atoms with Crippen molar-refractivity contribution < 1.29 is 9.84 Å². The van der Waals surface area contributed by atoms with E-state index in [0.29, 0.717) is 22.4 Å². The Kier molecular flexibility index (Phi) is 4.70. The minimum Gasteiger partial charge on any atom is -0.489 e. The van der Waals surface area contributed by atoms with Gasteiger partial charge in [0.25, 0.3) is 0 Å². The van der Waals surface area contributed by atoms with Crippen molar-refractivity contribution in [3.63, 3.8) is 0 Å². The summed E-state index contributed by atoms with van der Waals surface area (Å²) in [5.74, 6) is 0.689. The van der Waals surface area contributed by atoms with Gasteiger partial charge in [0.2, 0.25) is 0 Å². The standard InChI is InChI=1S/C15H14Cl2O2/c1-10(18)11-4-2-6-13(8-11)19-9-12-5-3-7-14(16)15(12)17/h2-8,10,18H,9H2,1H3/t10-/m1/s1. The fourth-order valence-electron chi connectivity index (χ4n) is 1.69. The predicted molar refractivity (Wildman–Crippen MR) is 77.9 cm³/mol. The molecule has 0 spiro atoms. The zero-order chi connectivity index (χ0) is 13.8. The van der Waals surface area contributed by atoms with Crippen molar-refractivity contribution in [3.8, 4) is 5.75 Å². The average Bonchev–Trinajstić information content (AvgIpc) is 2.41. The van der Waals surface area contributed by atoms with Crippen molar-refractivity contribution in [2.75, 3.05) is 0 Å². The molecule has 2 rings (SSSR count). The van der Waals surface area contributed by atoms with E-state index in [0.717, 1.165) is 11.1 Å². The van der Waals surface area contributed by atoms with Gasteiger partial charge in [-0.3, -0.25) is 0 Å². The Morgan fingerprint density at radius 2 is 1.89 bits per heavy atom. The second-order valence-corrected chi connectivity index (χ2v) is 5.04. The molecule has 2 aromatic rings. The van der Waals surface area contributed by atoms with E-state index in [1.807, 2.05) is 36.4 Å². The highest BCUT2D eigenvalue weighted by molar-refractivity contribution is 6.42. The molecule has 0 bridgehead atoms. The van der Waals surface area contributed by atoms with E-state index in [1.165, 1.54) is 0 Å². The number of benzene rings is 2. The zero-order valence-corrected chi connectivity index (χ0v) is 11.9. The van der Waals surface area contributed by atoms with Gasteiger partial charge in [-0.05, 0) is 30.7 Å². The van der Waals surface area contributed by atoms with Crippen molar-refractivity contribution in [1.29, 1.82) is 0 Å². The van der Waals surface area contributed by atoms with Crippen LogP contribution in [0, 0.1) is 0 Å². The van der Waals surface area contributed by atoms with Crippen LogP contribution >= 0.6 is 23.2 Å². The van der Waals surface area contributed by atoms with Crippen LogP contribution in [0.15, 0.2) is 42.5 Å². The summed E-state index contributed by atoms with van der Waals surface area (Å²) in [6, 6.07) is 12.8. The lowest BCUT2D eigenvalue weighted by Gasteiger charge is -2.11. The van der Waals surface area contributed by atoms with E-state index >= 15 is 0 Å². The third-order valence-corrected chi connectivity index (χ3v) is 3.62. The first-order valence-electron chi connectivity index (χ1n) is 5.91. The molecule has 0 saturated carbocycles. The molecule has 0 heterocycles. The molecular weight excluding hydrogens is 283 g/mol. The van der Waals surface area contributed by atoms with Crippen molar-refractivity contribution in [1.82, 2.24) is 0 Å². The second kappa shape index (κ2) is 6.29. The van der Waals surface area contributed by atoms with E-state index in [2.05, 4.69) is 0 Å². The number of halogens is 2. The van der Waals surface area contributed by atoms with Crippen molar-refractivity contribution >= 4 is 23.2 Å². The summed E-state index contributed by atoms with van der Waals surface area (Å²) >= 11 is 12.0. The van der Waals surface area contributed by atoms with Gasteiger partial charge in [0.1, 0.15) is 12.4 Å². The molecule has 4 heteroatoms. The van der Waals surface area contributed by atoms with Gasteiger partial charge in [-0.1, -0.05) is 47.5 Å². The Balaban J connectivity index is 2.10. The van der Waals surface area contributed by atoms with Gasteiger partial charge < -0.3 is 9.84 Å². The van der Waals surface area contributed by atoms with Crippen LogP contribution in [0.1, 0.15) is 24.2 Å². The molecule has 0 aliphatic rings. The summed E-state index contributed by atoms with van der Waals surface area (Å²) < 4.78 is 5.66. The topological polar surface area (TPSA) is 29.5 Å². The van der Waals surface area contributed by atoms with Gasteiger partial charge in [-0.15, -0.1) is 0 Å². The van der Waals surface area contributed by atoms with Crippen molar-refractivity contribution in [2.24, 2.45) is 0 Å². The largest absolute Gasteiger partial charge is 0.489 e. The summed E-state index contributed by atoms with van der Waals surface area (Å²) in [6.07, 6.45) is -0.515. The Hall–Kier alpha value is -1.22. The van der Waals surface area contributed by atoms with Crippen LogP contribution in [0.4, 0.5) is 0 Å².